The Balaban J connectivity index is 1.82. The summed E-state index contributed by atoms with van der Waals surface area (Å²) in [6.07, 6.45) is 0. The molecule has 0 bridgehead atoms. The first-order valence-electron chi connectivity index (χ1n) is 8.67. The van der Waals surface area contributed by atoms with Crippen LogP contribution in [0.4, 0.5) is 4.39 Å². The first-order valence-corrected chi connectivity index (χ1v) is 8.67. The summed E-state index contributed by atoms with van der Waals surface area (Å²) in [6, 6.07) is 17.3. The van der Waals surface area contributed by atoms with Crippen molar-refractivity contribution in [1.82, 2.24) is 15.1 Å². The summed E-state index contributed by atoms with van der Waals surface area (Å²) in [4.78, 5) is 24.8. The molecule has 0 aliphatic rings. The molecule has 5 nitrogen and oxygen atoms in total. The quantitative estimate of drug-likeness (QED) is 0.753. The Morgan fingerprint density at radius 3 is 2.33 bits per heavy atom. The highest BCUT2D eigenvalue weighted by Gasteiger charge is 2.20. The molecule has 0 spiro atoms. The molecule has 1 heterocycles. The van der Waals surface area contributed by atoms with Crippen LogP contribution in [-0.2, 0) is 4.79 Å². The molecule has 1 amide bonds. The van der Waals surface area contributed by atoms with Gasteiger partial charge >= 0.3 is 0 Å². The molecule has 2 aromatic carbocycles. The minimum Gasteiger partial charge on any atom is -0.348 e. The van der Waals surface area contributed by atoms with Gasteiger partial charge in [0.15, 0.2) is 0 Å². The monoisotopic (exact) mass is 365 g/mol. The van der Waals surface area contributed by atoms with Crippen LogP contribution in [-0.4, -0.2) is 15.7 Å². The van der Waals surface area contributed by atoms with E-state index in [1.54, 1.807) is 25.1 Å². The number of benzene rings is 2. The van der Waals surface area contributed by atoms with Crippen LogP contribution >= 0.6 is 0 Å². The highest BCUT2D eigenvalue weighted by molar-refractivity contribution is 5.80. The fraction of sp³-hybridized carbons (Fsp3) is 0.190. The predicted molar refractivity (Wildman–Crippen MR) is 102 cm³/mol. The molecule has 0 fully saturated rings. The second-order valence-electron chi connectivity index (χ2n) is 6.33. The van der Waals surface area contributed by atoms with Crippen LogP contribution < -0.4 is 10.9 Å². The molecule has 2 unspecified atom stereocenters. The summed E-state index contributed by atoms with van der Waals surface area (Å²) in [5.41, 5.74) is 1.75. The lowest BCUT2D eigenvalue weighted by Crippen LogP contribution is -2.38. The lowest BCUT2D eigenvalue weighted by Gasteiger charge is -2.19. The maximum absolute atomic E-state index is 13.1. The standard InChI is InChI=1S/C21H20FN3O2/c1-14(16-6-4-3-5-7-16)23-21(27)15(2)25-20(26)13-12-19(24-25)17-8-10-18(22)11-9-17/h3-15H,1-2H3,(H,23,27). The summed E-state index contributed by atoms with van der Waals surface area (Å²) >= 11 is 0. The van der Waals surface area contributed by atoms with Gasteiger partial charge in [-0.2, -0.15) is 5.10 Å². The molecule has 0 saturated carbocycles. The van der Waals surface area contributed by atoms with Gasteiger partial charge in [0.2, 0.25) is 5.91 Å². The van der Waals surface area contributed by atoms with E-state index >= 15 is 0 Å². The average Bonchev–Trinajstić information content (AvgIpc) is 2.69. The van der Waals surface area contributed by atoms with E-state index in [-0.39, 0.29) is 23.3 Å². The highest BCUT2D eigenvalue weighted by Crippen LogP contribution is 2.17. The minimum atomic E-state index is -0.788. The Hall–Kier alpha value is -3.28. The smallest absolute Gasteiger partial charge is 0.267 e. The Bertz CT molecular complexity index is 984. The number of carbonyl (C=O) groups is 1. The van der Waals surface area contributed by atoms with Crippen molar-refractivity contribution in [2.24, 2.45) is 0 Å². The molecule has 0 radical (unpaired) electrons. The van der Waals surface area contributed by atoms with Crippen LogP contribution in [0.1, 0.15) is 31.5 Å². The molecular formula is C21H20FN3O2. The van der Waals surface area contributed by atoms with Gasteiger partial charge < -0.3 is 5.32 Å². The van der Waals surface area contributed by atoms with Crippen molar-refractivity contribution >= 4 is 5.91 Å². The molecule has 1 aromatic heterocycles. The van der Waals surface area contributed by atoms with Crippen molar-refractivity contribution in [3.63, 3.8) is 0 Å². The molecule has 27 heavy (non-hydrogen) atoms. The number of aromatic nitrogens is 2. The van der Waals surface area contributed by atoms with E-state index < -0.39 is 6.04 Å². The SMILES string of the molecule is CC(NC(=O)C(C)n1nc(-c2ccc(F)cc2)ccc1=O)c1ccccc1. The van der Waals surface area contributed by atoms with Gasteiger partial charge in [0.25, 0.3) is 5.56 Å². The van der Waals surface area contributed by atoms with E-state index in [1.807, 2.05) is 37.3 Å². The fourth-order valence-corrected chi connectivity index (χ4v) is 2.75. The molecule has 0 aliphatic heterocycles. The number of nitrogens with one attached hydrogen (secondary N) is 1. The Morgan fingerprint density at radius 2 is 1.67 bits per heavy atom. The lowest BCUT2D eigenvalue weighted by molar-refractivity contribution is -0.124. The molecule has 138 valence electrons. The molecular weight excluding hydrogens is 345 g/mol. The van der Waals surface area contributed by atoms with Gasteiger partial charge in [0, 0.05) is 11.6 Å². The first kappa shape index (κ1) is 18.5. The van der Waals surface area contributed by atoms with Crippen LogP contribution in [0.15, 0.2) is 71.5 Å². The third kappa shape index (κ3) is 4.28. The predicted octanol–water partition coefficient (Wildman–Crippen LogP) is 3.49. The number of nitrogens with zero attached hydrogens (tertiary/aromatic N) is 2. The van der Waals surface area contributed by atoms with Crippen molar-refractivity contribution < 1.29 is 9.18 Å². The van der Waals surface area contributed by atoms with Gasteiger partial charge in [-0.25, -0.2) is 9.07 Å². The van der Waals surface area contributed by atoms with E-state index in [1.165, 1.54) is 18.2 Å². The second kappa shape index (κ2) is 7.95. The van der Waals surface area contributed by atoms with E-state index in [2.05, 4.69) is 10.4 Å². The topological polar surface area (TPSA) is 64.0 Å². The van der Waals surface area contributed by atoms with Crippen LogP contribution in [0.5, 0.6) is 0 Å². The zero-order valence-corrected chi connectivity index (χ0v) is 15.1. The molecule has 0 aliphatic carbocycles. The first-order chi connectivity index (χ1) is 13.0. The third-order valence-corrected chi connectivity index (χ3v) is 4.37. The van der Waals surface area contributed by atoms with Crippen LogP contribution in [0, 0.1) is 5.82 Å². The van der Waals surface area contributed by atoms with Crippen LogP contribution in [0.25, 0.3) is 11.3 Å². The number of hydrogen-bond acceptors (Lipinski definition) is 3. The molecule has 3 aromatic rings. The van der Waals surface area contributed by atoms with Crippen molar-refractivity contribution in [3.8, 4) is 11.3 Å². The summed E-state index contributed by atoms with van der Waals surface area (Å²) in [5.74, 6) is -0.660. The second-order valence-corrected chi connectivity index (χ2v) is 6.33. The summed E-state index contributed by atoms with van der Waals surface area (Å²) < 4.78 is 14.3. The van der Waals surface area contributed by atoms with Gasteiger partial charge in [0.1, 0.15) is 11.9 Å². The largest absolute Gasteiger partial charge is 0.348 e. The third-order valence-electron chi connectivity index (χ3n) is 4.37. The normalized spacial score (nSPS) is 13.0. The Morgan fingerprint density at radius 1 is 1.00 bits per heavy atom. The van der Waals surface area contributed by atoms with Gasteiger partial charge in [-0.1, -0.05) is 30.3 Å². The van der Waals surface area contributed by atoms with Crippen molar-refractivity contribution in [2.45, 2.75) is 25.9 Å². The van der Waals surface area contributed by atoms with Crippen molar-refractivity contribution in [1.29, 1.82) is 0 Å². The van der Waals surface area contributed by atoms with Crippen LogP contribution in [0.2, 0.25) is 0 Å². The molecule has 1 N–H and O–H groups in total. The van der Waals surface area contributed by atoms with Gasteiger partial charge in [-0.3, -0.25) is 9.59 Å². The van der Waals surface area contributed by atoms with Crippen LogP contribution in [0.3, 0.4) is 0 Å². The zero-order valence-electron chi connectivity index (χ0n) is 15.1. The van der Waals surface area contributed by atoms with E-state index in [0.717, 1.165) is 10.2 Å². The zero-order chi connectivity index (χ0) is 19.4. The summed E-state index contributed by atoms with van der Waals surface area (Å²) in [6.45, 7) is 3.50. The van der Waals surface area contributed by atoms with Gasteiger partial charge in [0.05, 0.1) is 11.7 Å². The van der Waals surface area contributed by atoms with Gasteiger partial charge in [-0.15, -0.1) is 0 Å². The number of carbonyl (C=O) groups excluding carboxylic acids is 1. The highest BCUT2D eigenvalue weighted by atomic mass is 19.1. The maximum atomic E-state index is 13.1. The lowest BCUT2D eigenvalue weighted by atomic mass is 10.1. The minimum absolute atomic E-state index is 0.197. The van der Waals surface area contributed by atoms with Crippen molar-refractivity contribution in [3.05, 3.63) is 88.5 Å². The molecule has 2 atom stereocenters. The Kier molecular flexibility index (Phi) is 5.45. The maximum Gasteiger partial charge on any atom is 0.267 e. The number of hydrogen-bond donors (Lipinski definition) is 1. The van der Waals surface area contributed by atoms with Crippen molar-refractivity contribution in [2.75, 3.05) is 0 Å². The van der Waals surface area contributed by atoms with E-state index in [0.29, 0.717) is 11.3 Å². The average molecular weight is 365 g/mol. The Labute approximate surface area is 156 Å². The molecule has 0 saturated heterocycles. The molecule has 6 heteroatoms. The summed E-state index contributed by atoms with van der Waals surface area (Å²) in [5, 5.41) is 7.19. The number of rotatable bonds is 5. The summed E-state index contributed by atoms with van der Waals surface area (Å²) in [7, 11) is 0. The fourth-order valence-electron chi connectivity index (χ4n) is 2.75. The molecule has 3 rings (SSSR count). The van der Waals surface area contributed by atoms with Gasteiger partial charge in [-0.05, 0) is 49.7 Å². The number of halogens is 1. The van der Waals surface area contributed by atoms with E-state index in [4.69, 9.17) is 0 Å². The van der Waals surface area contributed by atoms with E-state index in [9.17, 15) is 14.0 Å². The number of amides is 1.